The Kier molecular flexibility index (Phi) is 2.59. The van der Waals surface area contributed by atoms with Gasteiger partial charge in [-0.3, -0.25) is 9.91 Å². The third kappa shape index (κ3) is 1.90. The molecule has 0 unspecified atom stereocenters. The molecule has 0 bridgehead atoms. The van der Waals surface area contributed by atoms with Crippen LogP contribution in [0.1, 0.15) is 0 Å². The minimum atomic E-state index is 0.636. The summed E-state index contributed by atoms with van der Waals surface area (Å²) in [5.74, 6) is 1.78. The summed E-state index contributed by atoms with van der Waals surface area (Å²) in [7, 11) is 0. The summed E-state index contributed by atoms with van der Waals surface area (Å²) in [5.41, 5.74) is 0. The van der Waals surface area contributed by atoms with E-state index in [9.17, 15) is 0 Å². The molecule has 0 saturated heterocycles. The lowest BCUT2D eigenvalue weighted by Crippen LogP contribution is -2.30. The van der Waals surface area contributed by atoms with Gasteiger partial charge in [0.2, 0.25) is 0 Å². The van der Waals surface area contributed by atoms with Gasteiger partial charge in [-0.1, -0.05) is 0 Å². The van der Waals surface area contributed by atoms with Crippen molar-refractivity contribution < 1.29 is 0 Å². The molecule has 2 aromatic rings. The number of hydrazone groups is 1. The Balaban J connectivity index is 1.57. The molecule has 0 radical (unpaired) electrons. The monoisotopic (exact) mass is 285 g/mol. The number of amidine groups is 1. The molecule has 0 aromatic carbocycles. The van der Waals surface area contributed by atoms with Crippen LogP contribution in [-0.2, 0) is 6.67 Å². The van der Waals surface area contributed by atoms with Gasteiger partial charge < -0.3 is 4.57 Å². The maximum Gasteiger partial charge on any atom is 0.170 e. The average molecular weight is 285 g/mol. The number of hydrogen-bond acceptors (Lipinski definition) is 7. The lowest BCUT2D eigenvalue weighted by atomic mass is 10.5. The van der Waals surface area contributed by atoms with E-state index in [2.05, 4.69) is 20.1 Å². The van der Waals surface area contributed by atoms with Gasteiger partial charge in [0.15, 0.2) is 16.7 Å². The quantitative estimate of drug-likeness (QED) is 0.855. The van der Waals surface area contributed by atoms with E-state index in [1.54, 1.807) is 36.3 Å². The molecule has 8 heteroatoms. The predicted molar refractivity (Wildman–Crippen MR) is 76.9 cm³/mol. The molecular weight excluding hydrogens is 274 g/mol. The van der Waals surface area contributed by atoms with Gasteiger partial charge in [0.25, 0.3) is 0 Å². The molecule has 20 heavy (non-hydrogen) atoms. The first kappa shape index (κ1) is 11.4. The molecule has 2 aliphatic heterocycles. The molecule has 0 aliphatic carbocycles. The van der Waals surface area contributed by atoms with E-state index in [1.807, 2.05) is 32.1 Å². The fourth-order valence-corrected chi connectivity index (χ4v) is 2.79. The van der Waals surface area contributed by atoms with Crippen LogP contribution in [0.25, 0.3) is 10.8 Å². The number of rotatable bonds is 3. The highest BCUT2D eigenvalue weighted by atomic mass is 32.1. The van der Waals surface area contributed by atoms with Crippen LogP contribution in [0, 0.1) is 0 Å². The Morgan fingerprint density at radius 1 is 1.25 bits per heavy atom. The number of aromatic nitrogens is 3. The summed E-state index contributed by atoms with van der Waals surface area (Å²) >= 11 is 1.58. The Labute approximate surface area is 119 Å². The maximum atomic E-state index is 4.54. The highest BCUT2D eigenvalue weighted by Crippen LogP contribution is 2.21. The second-order valence-corrected chi connectivity index (χ2v) is 5.25. The fraction of sp³-hybridized carbons (Fsp3) is 0.167. The number of aliphatic imine (C=N–C) groups is 1. The largest absolute Gasteiger partial charge is 0.309 e. The molecule has 0 spiro atoms. The lowest BCUT2D eigenvalue weighted by molar-refractivity contribution is 0.220. The van der Waals surface area contributed by atoms with Crippen LogP contribution in [0.4, 0.5) is 0 Å². The molecule has 0 N–H and O–H groups in total. The molecule has 0 fully saturated rings. The second kappa shape index (κ2) is 4.57. The molecule has 0 amide bonds. The van der Waals surface area contributed by atoms with Crippen LogP contribution < -0.4 is 0 Å². The Morgan fingerprint density at radius 2 is 2.25 bits per heavy atom. The van der Waals surface area contributed by atoms with Crippen LogP contribution in [0.2, 0.25) is 0 Å². The van der Waals surface area contributed by atoms with Gasteiger partial charge in [-0.2, -0.15) is 5.10 Å². The van der Waals surface area contributed by atoms with Crippen molar-refractivity contribution in [2.75, 3.05) is 6.67 Å². The van der Waals surface area contributed by atoms with Gasteiger partial charge in [0.05, 0.1) is 6.34 Å². The summed E-state index contributed by atoms with van der Waals surface area (Å²) < 4.78 is 2.04. The van der Waals surface area contributed by atoms with E-state index in [0.29, 0.717) is 13.3 Å². The van der Waals surface area contributed by atoms with Gasteiger partial charge in [-0.25, -0.2) is 15.0 Å². The first-order valence-corrected chi connectivity index (χ1v) is 6.99. The third-order valence-electron chi connectivity index (χ3n) is 3.02. The normalized spacial score (nSPS) is 16.7. The lowest BCUT2D eigenvalue weighted by Gasteiger charge is -2.18. The topological polar surface area (TPSA) is 61.9 Å². The van der Waals surface area contributed by atoms with Crippen molar-refractivity contribution in [2.45, 2.75) is 6.67 Å². The van der Waals surface area contributed by atoms with Crippen LogP contribution in [-0.4, -0.2) is 43.3 Å². The average Bonchev–Trinajstić information content (AvgIpc) is 3.18. The minimum Gasteiger partial charge on any atom is -0.309 e. The van der Waals surface area contributed by atoms with Gasteiger partial charge in [0.1, 0.15) is 13.3 Å². The number of fused-ring (bicyclic) bond motifs is 1. The molecule has 2 aromatic heterocycles. The molecule has 4 heterocycles. The first-order valence-electron chi connectivity index (χ1n) is 6.11. The first-order chi connectivity index (χ1) is 9.90. The summed E-state index contributed by atoms with van der Waals surface area (Å²) in [6.07, 6.45) is 10.9. The summed E-state index contributed by atoms with van der Waals surface area (Å²) in [4.78, 5) is 14.8. The molecule has 0 atom stereocenters. The van der Waals surface area contributed by atoms with Gasteiger partial charge in [-0.05, 0) is 0 Å². The number of thiazole rings is 1. The highest BCUT2D eigenvalue weighted by molar-refractivity contribution is 7.13. The zero-order chi connectivity index (χ0) is 13.4. The summed E-state index contributed by atoms with van der Waals surface area (Å²) in [6, 6.07) is 0. The van der Waals surface area contributed by atoms with Crippen LogP contribution >= 0.6 is 11.3 Å². The third-order valence-corrected chi connectivity index (χ3v) is 3.79. The Bertz CT molecular complexity index is 697. The Hall–Kier alpha value is -2.48. The molecule has 4 rings (SSSR count). The summed E-state index contributed by atoms with van der Waals surface area (Å²) in [6.45, 7) is 1.33. The van der Waals surface area contributed by atoms with Gasteiger partial charge in [-0.15, -0.1) is 11.3 Å². The van der Waals surface area contributed by atoms with E-state index >= 15 is 0 Å². The Morgan fingerprint density at radius 3 is 3.10 bits per heavy atom. The van der Waals surface area contributed by atoms with Crippen molar-refractivity contribution in [1.82, 2.24) is 24.4 Å². The molecule has 2 aliphatic rings. The maximum absolute atomic E-state index is 4.54. The minimum absolute atomic E-state index is 0.636. The summed E-state index contributed by atoms with van der Waals surface area (Å²) in [5, 5.41) is 9.38. The zero-order valence-electron chi connectivity index (χ0n) is 10.5. The molecule has 7 nitrogen and oxygen atoms in total. The van der Waals surface area contributed by atoms with Crippen molar-refractivity contribution >= 4 is 23.5 Å². The van der Waals surface area contributed by atoms with Gasteiger partial charge >= 0.3 is 0 Å². The van der Waals surface area contributed by atoms with Crippen molar-refractivity contribution in [2.24, 2.45) is 10.1 Å². The highest BCUT2D eigenvalue weighted by Gasteiger charge is 2.22. The molecular formula is C12H11N7S. The van der Waals surface area contributed by atoms with Crippen LogP contribution in [0.15, 0.2) is 46.3 Å². The van der Waals surface area contributed by atoms with Crippen LogP contribution in [0.3, 0.4) is 0 Å². The number of imidazole rings is 1. The van der Waals surface area contributed by atoms with E-state index in [4.69, 9.17) is 0 Å². The van der Waals surface area contributed by atoms with Crippen molar-refractivity contribution in [3.05, 3.63) is 36.2 Å². The number of nitrogens with zero attached hydrogens (tertiary/aromatic N) is 7. The zero-order valence-corrected chi connectivity index (χ0v) is 11.3. The number of hydrogen-bond donors (Lipinski definition) is 0. The predicted octanol–water partition coefficient (Wildman–Crippen LogP) is 1.41. The van der Waals surface area contributed by atoms with Crippen LogP contribution in [0.5, 0.6) is 0 Å². The molecule has 100 valence electrons. The SMILES string of the molecule is C1=CC2=NN(Cn3ccnc3-c3nccs3)CN2C=N1. The second-order valence-electron chi connectivity index (χ2n) is 4.36. The van der Waals surface area contributed by atoms with Crippen molar-refractivity contribution in [1.29, 1.82) is 0 Å². The molecule has 0 saturated carbocycles. The van der Waals surface area contributed by atoms with E-state index in [0.717, 1.165) is 16.7 Å². The smallest absolute Gasteiger partial charge is 0.170 e. The van der Waals surface area contributed by atoms with E-state index < -0.39 is 0 Å². The fourth-order valence-electron chi connectivity index (χ4n) is 2.14. The van der Waals surface area contributed by atoms with E-state index in [-0.39, 0.29) is 0 Å². The standard InChI is InChI=1S/C12H11N7S/c1-2-13-7-18-9-19(16-10(1)18)8-17-5-3-14-11(17)12-15-4-6-20-12/h1-7H,8-9H2. The van der Waals surface area contributed by atoms with Gasteiger partial charge in [0, 0.05) is 36.2 Å². The van der Waals surface area contributed by atoms with Crippen molar-refractivity contribution in [3.63, 3.8) is 0 Å². The van der Waals surface area contributed by atoms with E-state index in [1.165, 1.54) is 0 Å². The van der Waals surface area contributed by atoms with Crippen molar-refractivity contribution in [3.8, 4) is 10.8 Å².